The van der Waals surface area contributed by atoms with Crippen LogP contribution in [0.25, 0.3) is 22.4 Å². The molecule has 0 aliphatic carbocycles. The number of hydrogen-bond acceptors (Lipinski definition) is 20. The quantitative estimate of drug-likeness (QED) is 0.0396. The Morgan fingerprint density at radius 1 is 0.671 bits per heavy atom. The molecule has 0 saturated carbocycles. The monoisotopic (exact) mass is 1120 g/mol. The standard InChI is InChI=1S/C23H15N3O4.C8H10O8S2.C8H6O2.C6H8N2.CO2.CH4O.Na.O3S.H/c27-22(28)14-5-7-17-16(9-14)11-19(24-17)12-1-3-13(4-2-12)21-25-18-8-6-15(23(29)30)10-20(18)26-21;9-7(17(11,12)13)5-1-2-6(4-3-5)8(10)18(14,15)16;9-5-7-1-2-8(6-10)4-3-7;7-5-3-1-2-4-6(5)8;2-1-3;1-2;;1-4(2)3;/h1-10H,11H2,(H,25,26)(H,27,28)(H,29,30);1-4,7-10H,(H,11,12,13)(H,14,15,16);1-6H;1-4H,7-8H2;;2H,1H3;;;/q;;;;;;+1;;-1. The smallest absolute Gasteiger partial charge is 1.00 e. The fourth-order valence-electron chi connectivity index (χ4n) is 5.93. The second-order valence-corrected chi connectivity index (χ2v) is 17.7. The van der Waals surface area contributed by atoms with Crippen molar-refractivity contribution in [2.24, 2.45) is 4.99 Å². The average Bonchev–Trinajstić information content (AvgIpc) is 4.02. The summed E-state index contributed by atoms with van der Waals surface area (Å²) < 4.78 is 85.0. The Morgan fingerprint density at radius 3 is 1.45 bits per heavy atom. The second kappa shape index (κ2) is 31.7. The number of imidazole rings is 1. The molecule has 2 heterocycles. The van der Waals surface area contributed by atoms with Crippen LogP contribution in [0, 0.1) is 0 Å². The first-order valence-corrected chi connectivity index (χ1v) is 24.3. The molecular formula is C47H44N5NaO20S3. The van der Waals surface area contributed by atoms with E-state index < -0.39 is 53.7 Å². The number of aldehydes is 2. The molecule has 0 fully saturated rings. The van der Waals surface area contributed by atoms with Crippen molar-refractivity contribution in [3.63, 3.8) is 0 Å². The van der Waals surface area contributed by atoms with Crippen LogP contribution in [0.15, 0.2) is 138 Å². The van der Waals surface area contributed by atoms with E-state index in [-0.39, 0.29) is 59.4 Å². The van der Waals surface area contributed by atoms with E-state index in [2.05, 4.69) is 15.0 Å². The summed E-state index contributed by atoms with van der Waals surface area (Å²) in [4.78, 5) is 71.1. The number of fused-ring (bicyclic) bond motifs is 2. The van der Waals surface area contributed by atoms with E-state index in [1.165, 1.54) is 6.07 Å². The van der Waals surface area contributed by atoms with Crippen molar-refractivity contribution in [1.82, 2.24) is 9.97 Å². The molecule has 396 valence electrons. The summed E-state index contributed by atoms with van der Waals surface area (Å²) in [5.41, 5.74) is 14.7. The number of aliphatic hydroxyl groups excluding tert-OH is 3. The van der Waals surface area contributed by atoms with Crippen molar-refractivity contribution in [2.45, 2.75) is 17.3 Å². The maximum Gasteiger partial charge on any atom is 1.00 e. The maximum absolute atomic E-state index is 11.2. The zero-order chi connectivity index (χ0) is 56.6. The third-order valence-corrected chi connectivity index (χ3v) is 11.1. The molecular weight excluding hydrogens is 1070 g/mol. The number of aromatic amines is 1. The Bertz CT molecular complexity index is 3420. The average molecular weight is 1120 g/mol. The Kier molecular flexibility index (Phi) is 27.6. The van der Waals surface area contributed by atoms with E-state index in [1.54, 1.807) is 66.7 Å². The molecule has 2 unspecified atom stereocenters. The summed E-state index contributed by atoms with van der Waals surface area (Å²) in [6.07, 6.45) is 2.32. The molecule has 0 bridgehead atoms. The number of nitrogens with one attached hydrogen (secondary N) is 1. The summed E-state index contributed by atoms with van der Waals surface area (Å²) >= 11 is 0. The summed E-state index contributed by atoms with van der Waals surface area (Å²) in [5.74, 6) is -1.27. The molecule has 0 radical (unpaired) electrons. The SMILES string of the molecule is CO.Nc1ccccc1N.O=C(O)c1ccc2c(c1)CC(c1ccc(-c3nc4ccc(C(=O)O)cc4[nH]3)cc1)=N2.O=C=O.O=Cc1ccc(C=O)cc1.O=S(=O)(O)C(O)c1ccc(C(O)S(=O)(=O)O)cc1.O=S(=O)=O.[H-].[Na+]. The van der Waals surface area contributed by atoms with E-state index in [1.807, 2.05) is 36.4 Å². The van der Waals surface area contributed by atoms with E-state index in [0.29, 0.717) is 45.8 Å². The Hall–Kier alpha value is -7.96. The molecule has 6 aromatic carbocycles. The first-order chi connectivity index (χ1) is 35.3. The number of nitrogens with two attached hydrogens (primary N) is 2. The number of carbonyl (C=O) groups is 4. The third kappa shape index (κ3) is 21.1. The molecule has 8 rings (SSSR count). The van der Waals surface area contributed by atoms with Gasteiger partial charge in [-0.05, 0) is 70.8 Å². The van der Waals surface area contributed by atoms with Gasteiger partial charge in [0.25, 0.3) is 20.2 Å². The molecule has 1 aliphatic heterocycles. The van der Waals surface area contributed by atoms with Crippen LogP contribution >= 0.6 is 0 Å². The number of rotatable bonds is 10. The first-order valence-electron chi connectivity index (χ1n) is 20.3. The largest absolute Gasteiger partial charge is 1.00 e. The third-order valence-electron chi connectivity index (χ3n) is 9.44. The molecule has 7 aromatic rings. The van der Waals surface area contributed by atoms with Gasteiger partial charge in [-0.15, -0.1) is 12.6 Å². The minimum Gasteiger partial charge on any atom is -1.00 e. The van der Waals surface area contributed by atoms with E-state index in [9.17, 15) is 46.2 Å². The minimum absolute atomic E-state index is 0. The fraction of sp³-hybridized carbons (Fsp3) is 0.0851. The van der Waals surface area contributed by atoms with Crippen molar-refractivity contribution in [2.75, 3.05) is 18.6 Å². The van der Waals surface area contributed by atoms with Gasteiger partial charge >= 0.3 is 58.3 Å². The van der Waals surface area contributed by atoms with Crippen molar-refractivity contribution in [1.29, 1.82) is 0 Å². The van der Waals surface area contributed by atoms with Crippen molar-refractivity contribution in [3.8, 4) is 11.4 Å². The van der Waals surface area contributed by atoms with Crippen LogP contribution in [0.3, 0.4) is 0 Å². The van der Waals surface area contributed by atoms with Crippen molar-refractivity contribution in [3.05, 3.63) is 178 Å². The molecule has 76 heavy (non-hydrogen) atoms. The predicted molar refractivity (Wildman–Crippen MR) is 268 cm³/mol. The Morgan fingerprint density at radius 2 is 1.07 bits per heavy atom. The van der Waals surface area contributed by atoms with Crippen LogP contribution in [-0.2, 0) is 46.9 Å². The normalized spacial score (nSPS) is 11.4. The van der Waals surface area contributed by atoms with Crippen LogP contribution in [0.1, 0.15) is 76.0 Å². The topological polar surface area (TPSA) is 457 Å². The van der Waals surface area contributed by atoms with Crippen molar-refractivity contribution >= 4 is 95.3 Å². The zero-order valence-electron chi connectivity index (χ0n) is 40.4. The molecule has 0 amide bonds. The number of carboxylic acids is 2. The summed E-state index contributed by atoms with van der Waals surface area (Å²) in [6, 6.07) is 35.2. The molecule has 29 heteroatoms. The number of H-pyrrole nitrogens is 1. The first kappa shape index (κ1) is 66.1. The van der Waals surface area contributed by atoms with Gasteiger partial charge in [0.05, 0.1) is 44.9 Å². The second-order valence-electron chi connectivity index (χ2n) is 14.3. The molecule has 0 saturated heterocycles. The van der Waals surface area contributed by atoms with Crippen LogP contribution in [-0.4, -0.2) is 118 Å². The van der Waals surface area contributed by atoms with Gasteiger partial charge in [0.1, 0.15) is 18.4 Å². The predicted octanol–water partition coefficient (Wildman–Crippen LogP) is 1.05. The van der Waals surface area contributed by atoms with E-state index >= 15 is 0 Å². The minimum atomic E-state index is -4.69. The number of aromatic carboxylic acids is 2. The van der Waals surface area contributed by atoms with Gasteiger partial charge in [-0.25, -0.2) is 14.6 Å². The van der Waals surface area contributed by atoms with Crippen LogP contribution < -0.4 is 41.0 Å². The van der Waals surface area contributed by atoms with E-state index in [4.69, 9.17) is 58.1 Å². The zero-order valence-corrected chi connectivity index (χ0v) is 43.9. The molecule has 1 aliphatic rings. The number of aromatic nitrogens is 2. The number of hydrogen-bond donors (Lipinski definition) is 10. The van der Waals surface area contributed by atoms with Gasteiger partial charge in [0.2, 0.25) is 10.9 Å². The van der Waals surface area contributed by atoms with Crippen LogP contribution in [0.2, 0.25) is 0 Å². The van der Waals surface area contributed by atoms with Crippen LogP contribution in [0.4, 0.5) is 17.1 Å². The van der Waals surface area contributed by atoms with Gasteiger partial charge < -0.3 is 43.4 Å². The molecule has 12 N–H and O–H groups in total. The van der Waals surface area contributed by atoms with Gasteiger partial charge in [0.15, 0.2) is 0 Å². The summed E-state index contributed by atoms with van der Waals surface area (Å²) in [7, 11) is -11.5. The number of aliphatic hydroxyl groups is 3. The number of anilines is 2. The number of carboxylic acid groups (broad SMARTS) is 2. The fourth-order valence-corrected chi connectivity index (χ4v) is 6.94. The molecule has 2 atom stereocenters. The van der Waals surface area contributed by atoms with Gasteiger partial charge in [0, 0.05) is 30.2 Å². The van der Waals surface area contributed by atoms with Gasteiger partial charge in [-0.3, -0.25) is 23.7 Å². The number of para-hydroxylation sites is 2. The number of nitrogens with zero attached hydrogens (tertiary/aromatic N) is 2. The van der Waals surface area contributed by atoms with Gasteiger partial charge in [-0.1, -0.05) is 84.9 Å². The summed E-state index contributed by atoms with van der Waals surface area (Å²) in [5, 5.41) is 43.6. The Labute approximate surface area is 456 Å². The molecule has 25 nitrogen and oxygen atoms in total. The Balaban J connectivity index is 0.00000105. The van der Waals surface area contributed by atoms with Crippen molar-refractivity contribution < 1.29 is 124 Å². The van der Waals surface area contributed by atoms with Crippen LogP contribution in [0.5, 0.6) is 0 Å². The molecule has 0 spiro atoms. The number of carbonyl (C=O) groups excluding carboxylic acids is 4. The van der Waals surface area contributed by atoms with Gasteiger partial charge in [-0.2, -0.15) is 26.4 Å². The molecule has 1 aromatic heterocycles. The number of nitrogen functional groups attached to an aromatic ring is 2. The number of aliphatic imine (C=N–C) groups is 1. The number of benzene rings is 6. The maximum atomic E-state index is 11.2. The van der Waals surface area contributed by atoms with E-state index in [0.717, 1.165) is 72.0 Å². The summed E-state index contributed by atoms with van der Waals surface area (Å²) in [6.45, 7) is 0.